The van der Waals surface area contributed by atoms with Gasteiger partial charge in [0.05, 0.1) is 0 Å². The molecule has 18 heavy (non-hydrogen) atoms. The Morgan fingerprint density at radius 3 is 2.39 bits per heavy atom. The van der Waals surface area contributed by atoms with Gasteiger partial charge in [-0.2, -0.15) is 0 Å². The molecule has 1 N–H and O–H groups in total. The fourth-order valence-electron chi connectivity index (χ4n) is 4.38. The lowest BCUT2D eigenvalue weighted by atomic mass is 9.68. The zero-order valence-electron chi connectivity index (χ0n) is 11.5. The third kappa shape index (κ3) is 1.87. The Morgan fingerprint density at radius 2 is 1.83 bits per heavy atom. The third-order valence-electron chi connectivity index (χ3n) is 5.42. The van der Waals surface area contributed by atoms with Crippen LogP contribution in [-0.2, 0) is 0 Å². The minimum absolute atomic E-state index is 0.427. The van der Waals surface area contributed by atoms with Crippen molar-refractivity contribution < 1.29 is 0 Å². The second kappa shape index (κ2) is 4.12. The standard InChI is InChI=1S/C16H22IN/c1-15(2)11-8-9-16(3,10-11)14(15)18-13-6-4-12(17)5-7-13/h4-7,11,14,18H,8-10H2,1-3H3/t11-,14?,16+/m0/s1. The maximum absolute atomic E-state index is 3.83. The molecule has 0 saturated heterocycles. The van der Waals surface area contributed by atoms with E-state index in [1.165, 1.54) is 28.5 Å². The SMILES string of the molecule is CC1(C)C(Nc2ccc(I)cc2)[C@]2(C)CC[C@H]1C2. The van der Waals surface area contributed by atoms with Crippen molar-refractivity contribution in [1.82, 2.24) is 0 Å². The number of anilines is 1. The number of benzene rings is 1. The van der Waals surface area contributed by atoms with Crippen molar-refractivity contribution in [2.45, 2.75) is 46.1 Å². The molecule has 0 spiro atoms. The Balaban J connectivity index is 1.86. The van der Waals surface area contributed by atoms with E-state index in [1.54, 1.807) is 0 Å². The van der Waals surface area contributed by atoms with E-state index in [2.05, 4.69) is 72.9 Å². The average molecular weight is 355 g/mol. The van der Waals surface area contributed by atoms with Crippen LogP contribution < -0.4 is 5.32 Å². The van der Waals surface area contributed by atoms with Crippen LogP contribution in [0.4, 0.5) is 5.69 Å². The second-order valence-corrected chi connectivity index (χ2v) is 8.24. The lowest BCUT2D eigenvalue weighted by Gasteiger charge is -2.43. The number of hydrogen-bond donors (Lipinski definition) is 1. The highest BCUT2D eigenvalue weighted by Crippen LogP contribution is 2.63. The Kier molecular flexibility index (Phi) is 2.92. The fraction of sp³-hybridized carbons (Fsp3) is 0.625. The van der Waals surface area contributed by atoms with Gasteiger partial charge in [-0.05, 0) is 82.9 Å². The van der Waals surface area contributed by atoms with Crippen molar-refractivity contribution in [2.24, 2.45) is 16.7 Å². The molecule has 0 radical (unpaired) electrons. The molecule has 1 aromatic carbocycles. The van der Waals surface area contributed by atoms with E-state index >= 15 is 0 Å². The van der Waals surface area contributed by atoms with E-state index in [1.807, 2.05) is 0 Å². The quantitative estimate of drug-likeness (QED) is 0.743. The van der Waals surface area contributed by atoms with Gasteiger partial charge in [0.2, 0.25) is 0 Å². The molecule has 2 aliphatic rings. The molecule has 1 aromatic rings. The Bertz CT molecular complexity index is 446. The minimum atomic E-state index is 0.427. The van der Waals surface area contributed by atoms with Crippen LogP contribution in [0.3, 0.4) is 0 Å². The van der Waals surface area contributed by atoms with Gasteiger partial charge >= 0.3 is 0 Å². The summed E-state index contributed by atoms with van der Waals surface area (Å²) in [6.07, 6.45) is 4.22. The molecular formula is C16H22IN. The van der Waals surface area contributed by atoms with E-state index < -0.39 is 0 Å². The van der Waals surface area contributed by atoms with E-state index in [9.17, 15) is 0 Å². The highest BCUT2D eigenvalue weighted by molar-refractivity contribution is 14.1. The van der Waals surface area contributed by atoms with Crippen molar-refractivity contribution in [2.75, 3.05) is 5.32 Å². The predicted octanol–water partition coefficient (Wildman–Crippen LogP) is 4.92. The van der Waals surface area contributed by atoms with Crippen LogP contribution in [0.5, 0.6) is 0 Å². The first-order chi connectivity index (χ1) is 8.42. The van der Waals surface area contributed by atoms with Crippen molar-refractivity contribution in [3.05, 3.63) is 27.8 Å². The molecule has 3 rings (SSSR count). The summed E-state index contributed by atoms with van der Waals surface area (Å²) in [5.41, 5.74) is 2.20. The zero-order valence-corrected chi connectivity index (χ0v) is 13.6. The fourth-order valence-corrected chi connectivity index (χ4v) is 4.73. The molecule has 1 unspecified atom stereocenters. The summed E-state index contributed by atoms with van der Waals surface area (Å²) in [6.45, 7) is 7.38. The molecule has 2 fully saturated rings. The van der Waals surface area contributed by atoms with Crippen LogP contribution in [0, 0.1) is 20.3 Å². The molecule has 2 saturated carbocycles. The van der Waals surface area contributed by atoms with Gasteiger partial charge in [-0.1, -0.05) is 20.8 Å². The molecule has 3 atom stereocenters. The summed E-state index contributed by atoms with van der Waals surface area (Å²) < 4.78 is 1.30. The van der Waals surface area contributed by atoms with Crippen molar-refractivity contribution in [3.63, 3.8) is 0 Å². The molecule has 2 aliphatic carbocycles. The largest absolute Gasteiger partial charge is 0.381 e. The van der Waals surface area contributed by atoms with Crippen LogP contribution in [0.2, 0.25) is 0 Å². The summed E-state index contributed by atoms with van der Waals surface area (Å²) in [7, 11) is 0. The number of nitrogens with one attached hydrogen (secondary N) is 1. The van der Waals surface area contributed by atoms with Crippen molar-refractivity contribution in [1.29, 1.82) is 0 Å². The molecule has 0 aromatic heterocycles. The van der Waals surface area contributed by atoms with Crippen LogP contribution in [0.15, 0.2) is 24.3 Å². The van der Waals surface area contributed by atoms with Crippen LogP contribution in [0.25, 0.3) is 0 Å². The minimum Gasteiger partial charge on any atom is -0.381 e. The van der Waals surface area contributed by atoms with E-state index in [0.717, 1.165) is 5.92 Å². The van der Waals surface area contributed by atoms with Gasteiger partial charge in [0.25, 0.3) is 0 Å². The van der Waals surface area contributed by atoms with Crippen molar-refractivity contribution >= 4 is 28.3 Å². The monoisotopic (exact) mass is 355 g/mol. The van der Waals surface area contributed by atoms with Crippen LogP contribution >= 0.6 is 22.6 Å². The lowest BCUT2D eigenvalue weighted by Crippen LogP contribution is -2.45. The van der Waals surface area contributed by atoms with Gasteiger partial charge in [-0.25, -0.2) is 0 Å². The highest BCUT2D eigenvalue weighted by Gasteiger charge is 2.59. The van der Waals surface area contributed by atoms with Crippen molar-refractivity contribution in [3.8, 4) is 0 Å². The smallest absolute Gasteiger partial charge is 0.0368 e. The lowest BCUT2D eigenvalue weighted by molar-refractivity contribution is 0.155. The van der Waals surface area contributed by atoms with Gasteiger partial charge in [-0.3, -0.25) is 0 Å². The predicted molar refractivity (Wildman–Crippen MR) is 85.8 cm³/mol. The van der Waals surface area contributed by atoms with E-state index in [0.29, 0.717) is 16.9 Å². The molecule has 1 nitrogen and oxygen atoms in total. The second-order valence-electron chi connectivity index (χ2n) is 7.00. The molecular weight excluding hydrogens is 333 g/mol. The molecule has 0 amide bonds. The summed E-state index contributed by atoms with van der Waals surface area (Å²) in [5, 5.41) is 3.83. The molecule has 0 heterocycles. The van der Waals surface area contributed by atoms with E-state index in [-0.39, 0.29) is 0 Å². The molecule has 2 bridgehead atoms. The molecule has 98 valence electrons. The van der Waals surface area contributed by atoms with Crippen LogP contribution in [-0.4, -0.2) is 6.04 Å². The van der Waals surface area contributed by atoms with Gasteiger partial charge < -0.3 is 5.32 Å². The highest BCUT2D eigenvalue weighted by atomic mass is 127. The summed E-state index contributed by atoms with van der Waals surface area (Å²) >= 11 is 2.36. The first-order valence-electron chi connectivity index (χ1n) is 6.94. The maximum Gasteiger partial charge on any atom is 0.0368 e. The maximum atomic E-state index is 3.83. The normalized spacial score (nSPS) is 36.9. The summed E-state index contributed by atoms with van der Waals surface area (Å²) in [5.74, 6) is 0.906. The number of hydrogen-bond acceptors (Lipinski definition) is 1. The Labute approximate surface area is 124 Å². The van der Waals surface area contributed by atoms with Gasteiger partial charge in [0.1, 0.15) is 0 Å². The Morgan fingerprint density at radius 1 is 1.17 bits per heavy atom. The van der Waals surface area contributed by atoms with Gasteiger partial charge in [-0.15, -0.1) is 0 Å². The first-order valence-corrected chi connectivity index (χ1v) is 8.02. The Hall–Kier alpha value is -0.250. The summed E-state index contributed by atoms with van der Waals surface area (Å²) in [6, 6.07) is 9.42. The topological polar surface area (TPSA) is 12.0 Å². The van der Waals surface area contributed by atoms with Gasteiger partial charge in [0.15, 0.2) is 0 Å². The molecule has 2 heteroatoms. The molecule has 0 aliphatic heterocycles. The van der Waals surface area contributed by atoms with E-state index in [4.69, 9.17) is 0 Å². The average Bonchev–Trinajstić information content (AvgIpc) is 2.78. The third-order valence-corrected chi connectivity index (χ3v) is 6.14. The van der Waals surface area contributed by atoms with Crippen LogP contribution in [0.1, 0.15) is 40.0 Å². The first kappa shape index (κ1) is 12.8. The number of rotatable bonds is 2. The number of fused-ring (bicyclic) bond motifs is 2. The van der Waals surface area contributed by atoms with Gasteiger partial charge in [0, 0.05) is 15.3 Å². The zero-order chi connectivity index (χ0) is 13.0. The summed E-state index contributed by atoms with van der Waals surface area (Å²) in [4.78, 5) is 0. The number of halogens is 1.